The molecule has 5 nitrogen and oxygen atoms in total. The molecule has 24 heavy (non-hydrogen) atoms. The summed E-state index contributed by atoms with van der Waals surface area (Å²) in [5.74, 6) is 1.08. The molecule has 7 heteroatoms. The summed E-state index contributed by atoms with van der Waals surface area (Å²) in [6, 6.07) is 5.93. The maximum absolute atomic E-state index is 12.1. The van der Waals surface area contributed by atoms with Crippen molar-refractivity contribution in [2.24, 2.45) is 5.92 Å². The normalized spacial score (nSPS) is 15.6. The fourth-order valence-electron chi connectivity index (χ4n) is 2.73. The summed E-state index contributed by atoms with van der Waals surface area (Å²) < 4.78 is 7.27. The van der Waals surface area contributed by atoms with Gasteiger partial charge in [-0.25, -0.2) is 4.98 Å². The van der Waals surface area contributed by atoms with E-state index in [9.17, 15) is 4.79 Å². The van der Waals surface area contributed by atoms with Gasteiger partial charge in [-0.2, -0.15) is 0 Å². The molecule has 130 valence electrons. The molecular weight excluding hydrogens is 346 g/mol. The second-order valence-electron chi connectivity index (χ2n) is 6.15. The van der Waals surface area contributed by atoms with Crippen molar-refractivity contribution in [3.05, 3.63) is 23.2 Å². The molecule has 1 amide bonds. The lowest BCUT2D eigenvalue weighted by atomic mass is 10.2. The fraction of sp³-hybridized carbons (Fsp3) is 0.529. The van der Waals surface area contributed by atoms with Gasteiger partial charge in [-0.1, -0.05) is 23.4 Å². The largest absolute Gasteiger partial charge is 0.383 e. The first-order valence-electron chi connectivity index (χ1n) is 8.15. The molecule has 1 atom stereocenters. The van der Waals surface area contributed by atoms with Crippen LogP contribution in [0.5, 0.6) is 0 Å². The van der Waals surface area contributed by atoms with Crippen LogP contribution < -0.4 is 5.32 Å². The van der Waals surface area contributed by atoms with E-state index in [1.807, 2.05) is 18.2 Å². The quantitative estimate of drug-likeness (QED) is 0.727. The van der Waals surface area contributed by atoms with Crippen molar-refractivity contribution in [1.82, 2.24) is 14.9 Å². The number of aromatic nitrogens is 2. The minimum Gasteiger partial charge on any atom is -0.383 e. The maximum Gasteiger partial charge on any atom is 0.230 e. The van der Waals surface area contributed by atoms with E-state index < -0.39 is 0 Å². The second kappa shape index (κ2) is 7.76. The van der Waals surface area contributed by atoms with Gasteiger partial charge in [0.2, 0.25) is 5.91 Å². The van der Waals surface area contributed by atoms with Crippen LogP contribution in [-0.2, 0) is 16.1 Å². The van der Waals surface area contributed by atoms with Crippen LogP contribution in [0.25, 0.3) is 11.0 Å². The van der Waals surface area contributed by atoms with Gasteiger partial charge in [0, 0.05) is 24.7 Å². The predicted molar refractivity (Wildman–Crippen MR) is 97.7 cm³/mol. The lowest BCUT2D eigenvalue weighted by Crippen LogP contribution is -2.35. The molecule has 1 aromatic carbocycles. The SMILES string of the molecule is COCCn1c(SCC(=O)NC(C)C2CC2)nc2cc(Cl)ccc21. The molecule has 0 spiro atoms. The molecule has 1 aliphatic carbocycles. The van der Waals surface area contributed by atoms with E-state index in [0.29, 0.717) is 29.8 Å². The number of benzene rings is 1. The molecule has 0 bridgehead atoms. The van der Waals surface area contributed by atoms with E-state index >= 15 is 0 Å². The standard InChI is InChI=1S/C17H22ClN3O2S/c1-11(12-3-4-12)19-16(22)10-24-17-20-14-9-13(18)5-6-15(14)21(17)7-8-23-2/h5-6,9,11-12H,3-4,7-8,10H2,1-2H3,(H,19,22). The van der Waals surface area contributed by atoms with Crippen molar-refractivity contribution in [1.29, 1.82) is 0 Å². The summed E-state index contributed by atoms with van der Waals surface area (Å²) in [6.45, 7) is 3.36. The van der Waals surface area contributed by atoms with Crippen LogP contribution in [0, 0.1) is 5.92 Å². The van der Waals surface area contributed by atoms with Crippen molar-refractivity contribution in [3.8, 4) is 0 Å². The highest BCUT2D eigenvalue weighted by atomic mass is 35.5. The number of hydrogen-bond donors (Lipinski definition) is 1. The molecule has 1 saturated carbocycles. The first-order valence-corrected chi connectivity index (χ1v) is 9.51. The molecule has 1 fully saturated rings. The topological polar surface area (TPSA) is 56.1 Å². The number of methoxy groups -OCH3 is 1. The van der Waals surface area contributed by atoms with E-state index in [-0.39, 0.29) is 11.9 Å². The van der Waals surface area contributed by atoms with Crippen molar-refractivity contribution in [2.45, 2.75) is 37.5 Å². The summed E-state index contributed by atoms with van der Waals surface area (Å²) in [5.41, 5.74) is 1.85. The smallest absolute Gasteiger partial charge is 0.230 e. The summed E-state index contributed by atoms with van der Waals surface area (Å²) in [5, 5.41) is 4.55. The summed E-state index contributed by atoms with van der Waals surface area (Å²) in [7, 11) is 1.68. The van der Waals surface area contributed by atoms with Crippen LogP contribution in [0.15, 0.2) is 23.4 Å². The van der Waals surface area contributed by atoms with Gasteiger partial charge in [0.05, 0.1) is 23.4 Å². The Kier molecular flexibility index (Phi) is 5.69. The molecule has 1 heterocycles. The number of thioether (sulfide) groups is 1. The number of halogens is 1. The number of nitrogens with one attached hydrogen (secondary N) is 1. The molecule has 1 unspecified atom stereocenters. The van der Waals surface area contributed by atoms with Gasteiger partial charge in [-0.15, -0.1) is 0 Å². The number of fused-ring (bicyclic) bond motifs is 1. The van der Waals surface area contributed by atoms with Crippen molar-refractivity contribution < 1.29 is 9.53 Å². The van der Waals surface area contributed by atoms with Crippen LogP contribution in [0.2, 0.25) is 5.02 Å². The molecule has 3 rings (SSSR count). The van der Waals surface area contributed by atoms with Crippen LogP contribution in [0.4, 0.5) is 0 Å². The Morgan fingerprint density at radius 3 is 3.04 bits per heavy atom. The van der Waals surface area contributed by atoms with Gasteiger partial charge in [-0.05, 0) is 43.9 Å². The van der Waals surface area contributed by atoms with Crippen molar-refractivity contribution in [3.63, 3.8) is 0 Å². The third-order valence-corrected chi connectivity index (χ3v) is 5.46. The number of carbonyl (C=O) groups is 1. The van der Waals surface area contributed by atoms with Crippen LogP contribution in [0.1, 0.15) is 19.8 Å². The highest BCUT2D eigenvalue weighted by molar-refractivity contribution is 7.99. The van der Waals surface area contributed by atoms with Gasteiger partial charge in [0.1, 0.15) is 0 Å². The second-order valence-corrected chi connectivity index (χ2v) is 7.53. The van der Waals surface area contributed by atoms with E-state index in [1.165, 1.54) is 24.6 Å². The van der Waals surface area contributed by atoms with Crippen LogP contribution >= 0.6 is 23.4 Å². The molecule has 2 aromatic rings. The average Bonchev–Trinajstić information content (AvgIpc) is 3.34. The molecular formula is C17H22ClN3O2S. The van der Waals surface area contributed by atoms with E-state index in [1.54, 1.807) is 7.11 Å². The number of imidazole rings is 1. The minimum atomic E-state index is 0.0581. The van der Waals surface area contributed by atoms with Gasteiger partial charge in [-0.3, -0.25) is 4.79 Å². The Balaban J connectivity index is 1.70. The van der Waals surface area contributed by atoms with Gasteiger partial charge < -0.3 is 14.6 Å². The maximum atomic E-state index is 12.1. The Morgan fingerprint density at radius 2 is 2.33 bits per heavy atom. The lowest BCUT2D eigenvalue weighted by molar-refractivity contribution is -0.119. The molecule has 1 aromatic heterocycles. The minimum absolute atomic E-state index is 0.0581. The summed E-state index contributed by atoms with van der Waals surface area (Å²) in [6.07, 6.45) is 2.45. The van der Waals surface area contributed by atoms with E-state index in [0.717, 1.165) is 16.2 Å². The number of ether oxygens (including phenoxy) is 1. The lowest BCUT2D eigenvalue weighted by Gasteiger charge is -2.12. The number of carbonyl (C=O) groups excluding carboxylic acids is 1. The Morgan fingerprint density at radius 1 is 1.54 bits per heavy atom. The van der Waals surface area contributed by atoms with Gasteiger partial charge in [0.15, 0.2) is 5.16 Å². The third kappa shape index (κ3) is 4.23. The highest BCUT2D eigenvalue weighted by Crippen LogP contribution is 2.32. The summed E-state index contributed by atoms with van der Waals surface area (Å²) in [4.78, 5) is 16.8. The fourth-order valence-corrected chi connectivity index (χ4v) is 3.75. The van der Waals surface area contributed by atoms with Crippen LogP contribution in [0.3, 0.4) is 0 Å². The van der Waals surface area contributed by atoms with Gasteiger partial charge >= 0.3 is 0 Å². The Hall–Kier alpha value is -1.24. The van der Waals surface area contributed by atoms with E-state index in [4.69, 9.17) is 16.3 Å². The molecule has 0 radical (unpaired) electrons. The van der Waals surface area contributed by atoms with Crippen LogP contribution in [-0.4, -0.2) is 41.0 Å². The zero-order valence-corrected chi connectivity index (χ0v) is 15.5. The first kappa shape index (κ1) is 17.6. The zero-order chi connectivity index (χ0) is 17.1. The average molecular weight is 368 g/mol. The number of rotatable bonds is 8. The van der Waals surface area contributed by atoms with Crippen molar-refractivity contribution >= 4 is 40.3 Å². The van der Waals surface area contributed by atoms with E-state index in [2.05, 4.69) is 21.8 Å². The highest BCUT2D eigenvalue weighted by Gasteiger charge is 2.28. The van der Waals surface area contributed by atoms with Gasteiger partial charge in [0.25, 0.3) is 0 Å². The Bertz CT molecular complexity index is 730. The molecule has 0 aliphatic heterocycles. The summed E-state index contributed by atoms with van der Waals surface area (Å²) >= 11 is 7.51. The monoisotopic (exact) mass is 367 g/mol. The molecule has 0 saturated heterocycles. The predicted octanol–water partition coefficient (Wildman–Crippen LogP) is 3.34. The number of amides is 1. The van der Waals surface area contributed by atoms with Crippen molar-refractivity contribution in [2.75, 3.05) is 19.5 Å². The number of hydrogen-bond acceptors (Lipinski definition) is 4. The molecule has 1 aliphatic rings. The number of nitrogens with zero attached hydrogens (tertiary/aromatic N) is 2. The third-order valence-electron chi connectivity index (χ3n) is 4.24. The zero-order valence-electron chi connectivity index (χ0n) is 13.9. The first-order chi connectivity index (χ1) is 11.6. The molecule has 1 N–H and O–H groups in total. The Labute approximate surface area is 151 Å².